The largest absolute Gasteiger partial charge is 0.493 e. The molecule has 0 aliphatic rings. The second kappa shape index (κ2) is 16.8. The number of ether oxygens (including phenoxy) is 2. The molecule has 2 amide bonds. The van der Waals surface area contributed by atoms with Crippen LogP contribution in [0.15, 0.2) is 102 Å². The molecule has 10 heteroatoms. The van der Waals surface area contributed by atoms with Crippen LogP contribution < -0.4 is 19.1 Å². The van der Waals surface area contributed by atoms with Crippen molar-refractivity contribution in [3.63, 3.8) is 0 Å². The van der Waals surface area contributed by atoms with Crippen LogP contribution in [0.1, 0.15) is 42.0 Å². The van der Waals surface area contributed by atoms with E-state index in [2.05, 4.69) is 5.32 Å². The first-order valence-corrected chi connectivity index (χ1v) is 17.5. The van der Waals surface area contributed by atoms with Crippen molar-refractivity contribution < 1.29 is 27.5 Å². The number of amides is 2. The molecule has 0 radical (unpaired) electrons. The van der Waals surface area contributed by atoms with Crippen LogP contribution in [0.25, 0.3) is 0 Å². The van der Waals surface area contributed by atoms with Crippen LogP contribution in [0.3, 0.4) is 0 Å². The predicted octanol–water partition coefficient (Wildman–Crippen LogP) is 6.07. The van der Waals surface area contributed by atoms with Crippen molar-refractivity contribution in [3.05, 3.63) is 119 Å². The van der Waals surface area contributed by atoms with Crippen molar-refractivity contribution in [2.45, 2.75) is 57.5 Å². The highest BCUT2D eigenvalue weighted by Gasteiger charge is 2.35. The molecule has 0 bridgehead atoms. The fourth-order valence-corrected chi connectivity index (χ4v) is 6.78. The van der Waals surface area contributed by atoms with Crippen LogP contribution in [-0.4, -0.2) is 58.5 Å². The molecular weight excluding hydrogens is 627 g/mol. The van der Waals surface area contributed by atoms with E-state index in [1.165, 1.54) is 37.3 Å². The van der Waals surface area contributed by atoms with E-state index in [4.69, 9.17) is 9.47 Å². The molecule has 48 heavy (non-hydrogen) atoms. The fraction of sp³-hybridized carbons (Fsp3) is 0.316. The summed E-state index contributed by atoms with van der Waals surface area (Å²) in [7, 11) is -1.31. The molecular formula is C38H45N3O6S. The van der Waals surface area contributed by atoms with Gasteiger partial charge in [0.2, 0.25) is 11.8 Å². The van der Waals surface area contributed by atoms with Gasteiger partial charge in [-0.15, -0.1) is 0 Å². The SMILES string of the molecule is CCCCNC(=O)C(Cc1ccccc1)N(Cc1ccccc1C)C(=O)CN(c1ccc(OC)c(OC)c1)S(=O)(=O)c1ccc(C)cc1. The van der Waals surface area contributed by atoms with Crippen molar-refractivity contribution in [2.24, 2.45) is 0 Å². The number of hydrogen-bond acceptors (Lipinski definition) is 6. The molecule has 0 aliphatic carbocycles. The van der Waals surface area contributed by atoms with Gasteiger partial charge in [-0.25, -0.2) is 8.42 Å². The number of unbranched alkanes of at least 4 members (excludes halogenated alkanes) is 1. The molecule has 1 N–H and O–H groups in total. The topological polar surface area (TPSA) is 105 Å². The first-order chi connectivity index (χ1) is 23.1. The van der Waals surface area contributed by atoms with E-state index in [9.17, 15) is 18.0 Å². The van der Waals surface area contributed by atoms with Crippen molar-refractivity contribution in [2.75, 3.05) is 31.6 Å². The minimum absolute atomic E-state index is 0.0271. The van der Waals surface area contributed by atoms with Gasteiger partial charge in [-0.05, 0) is 61.2 Å². The normalized spacial score (nSPS) is 11.8. The van der Waals surface area contributed by atoms with Crippen LogP contribution in [0.4, 0.5) is 5.69 Å². The standard InChI is InChI=1S/C38H45N3O6S/c1-6-7-23-39-38(43)34(24-30-14-9-8-10-15-30)40(26-31-16-12-11-13-29(31)3)37(42)27-41(32-19-22-35(46-4)36(25-32)47-5)48(44,45)33-20-17-28(2)18-21-33/h8-22,25,34H,6-7,23-24,26-27H2,1-5H3,(H,39,43). The molecule has 1 unspecified atom stereocenters. The second-order valence-electron chi connectivity index (χ2n) is 11.7. The van der Waals surface area contributed by atoms with Crippen LogP contribution in [-0.2, 0) is 32.6 Å². The minimum atomic E-state index is -4.26. The smallest absolute Gasteiger partial charge is 0.264 e. The molecule has 4 rings (SSSR count). The molecule has 0 aliphatic heterocycles. The number of aryl methyl sites for hydroxylation is 2. The number of carbonyl (C=O) groups excluding carboxylic acids is 2. The molecule has 254 valence electrons. The highest BCUT2D eigenvalue weighted by atomic mass is 32.2. The maximum Gasteiger partial charge on any atom is 0.264 e. The van der Waals surface area contributed by atoms with Gasteiger partial charge in [-0.3, -0.25) is 13.9 Å². The third kappa shape index (κ3) is 8.95. The lowest BCUT2D eigenvalue weighted by molar-refractivity contribution is -0.140. The Hall–Kier alpha value is -4.83. The maximum atomic E-state index is 14.7. The second-order valence-corrected chi connectivity index (χ2v) is 13.5. The van der Waals surface area contributed by atoms with Gasteiger partial charge < -0.3 is 19.7 Å². The van der Waals surface area contributed by atoms with Gasteiger partial charge >= 0.3 is 0 Å². The number of sulfonamides is 1. The summed E-state index contributed by atoms with van der Waals surface area (Å²) in [6, 6.07) is 27.4. The lowest BCUT2D eigenvalue weighted by atomic mass is 10.0. The number of carbonyl (C=O) groups is 2. The molecule has 4 aromatic rings. The van der Waals surface area contributed by atoms with E-state index >= 15 is 0 Å². The van der Waals surface area contributed by atoms with Crippen molar-refractivity contribution in [1.82, 2.24) is 10.2 Å². The highest BCUT2D eigenvalue weighted by molar-refractivity contribution is 7.92. The van der Waals surface area contributed by atoms with E-state index in [-0.39, 0.29) is 29.5 Å². The zero-order valence-corrected chi connectivity index (χ0v) is 29.1. The molecule has 1 atom stereocenters. The van der Waals surface area contributed by atoms with Crippen LogP contribution >= 0.6 is 0 Å². The lowest BCUT2D eigenvalue weighted by Crippen LogP contribution is -2.53. The van der Waals surface area contributed by atoms with Crippen LogP contribution in [0.5, 0.6) is 11.5 Å². The summed E-state index contributed by atoms with van der Waals surface area (Å²) in [4.78, 5) is 30.2. The molecule has 0 aromatic heterocycles. The monoisotopic (exact) mass is 671 g/mol. The Balaban J connectivity index is 1.84. The Labute approximate surface area is 284 Å². The van der Waals surface area contributed by atoms with Crippen LogP contribution in [0.2, 0.25) is 0 Å². The Morgan fingerprint density at radius 3 is 2.15 bits per heavy atom. The quantitative estimate of drug-likeness (QED) is 0.145. The predicted molar refractivity (Wildman–Crippen MR) is 189 cm³/mol. The number of benzene rings is 4. The third-order valence-electron chi connectivity index (χ3n) is 8.25. The van der Waals surface area contributed by atoms with Gasteiger partial charge in [0, 0.05) is 25.6 Å². The minimum Gasteiger partial charge on any atom is -0.493 e. The lowest BCUT2D eigenvalue weighted by Gasteiger charge is -2.34. The number of nitrogens with zero attached hydrogens (tertiary/aromatic N) is 2. The molecule has 9 nitrogen and oxygen atoms in total. The number of rotatable bonds is 16. The van der Waals surface area contributed by atoms with E-state index in [0.29, 0.717) is 18.0 Å². The Morgan fingerprint density at radius 2 is 1.50 bits per heavy atom. The van der Waals surface area contributed by atoms with Gasteiger partial charge in [0.05, 0.1) is 24.8 Å². The van der Waals surface area contributed by atoms with Gasteiger partial charge in [0.15, 0.2) is 11.5 Å². The fourth-order valence-electron chi connectivity index (χ4n) is 5.38. The summed E-state index contributed by atoms with van der Waals surface area (Å²) in [6.07, 6.45) is 1.93. The van der Waals surface area contributed by atoms with E-state index in [1.807, 2.05) is 75.4 Å². The zero-order valence-electron chi connectivity index (χ0n) is 28.3. The summed E-state index contributed by atoms with van der Waals surface area (Å²) < 4.78 is 40.6. The van der Waals surface area contributed by atoms with Gasteiger partial charge in [0.25, 0.3) is 10.0 Å². The molecule has 4 aromatic carbocycles. The molecule has 0 spiro atoms. The molecule has 0 fully saturated rings. The Morgan fingerprint density at radius 1 is 0.833 bits per heavy atom. The number of anilines is 1. The molecule has 0 heterocycles. The summed E-state index contributed by atoms with van der Waals surface area (Å²) in [5.74, 6) is -0.114. The first-order valence-electron chi connectivity index (χ1n) is 16.1. The van der Waals surface area contributed by atoms with Gasteiger partial charge in [-0.2, -0.15) is 0 Å². The van der Waals surface area contributed by atoms with Crippen molar-refractivity contribution in [3.8, 4) is 11.5 Å². The number of hydrogen-bond donors (Lipinski definition) is 1. The summed E-state index contributed by atoms with van der Waals surface area (Å²) in [6.45, 7) is 5.86. The highest BCUT2D eigenvalue weighted by Crippen LogP contribution is 2.34. The number of nitrogens with one attached hydrogen (secondary N) is 1. The summed E-state index contributed by atoms with van der Waals surface area (Å²) in [5.41, 5.74) is 3.78. The van der Waals surface area contributed by atoms with Gasteiger partial charge in [-0.1, -0.05) is 85.6 Å². The molecule has 0 saturated heterocycles. The Bertz CT molecular complexity index is 1780. The van der Waals surface area contributed by atoms with E-state index in [0.717, 1.165) is 39.4 Å². The van der Waals surface area contributed by atoms with Crippen LogP contribution in [0, 0.1) is 13.8 Å². The summed E-state index contributed by atoms with van der Waals surface area (Å²) in [5, 5.41) is 3.02. The zero-order chi connectivity index (χ0) is 34.7. The Kier molecular flexibility index (Phi) is 12.6. The van der Waals surface area contributed by atoms with Crippen molar-refractivity contribution >= 4 is 27.5 Å². The average Bonchev–Trinajstić information content (AvgIpc) is 3.09. The van der Waals surface area contributed by atoms with Crippen molar-refractivity contribution in [1.29, 1.82) is 0 Å². The van der Waals surface area contributed by atoms with E-state index < -0.39 is 28.5 Å². The number of methoxy groups -OCH3 is 2. The average molecular weight is 672 g/mol. The first kappa shape index (κ1) is 36.0. The molecule has 0 saturated carbocycles. The van der Waals surface area contributed by atoms with Gasteiger partial charge in [0.1, 0.15) is 12.6 Å². The van der Waals surface area contributed by atoms with E-state index in [1.54, 1.807) is 24.3 Å². The third-order valence-corrected chi connectivity index (χ3v) is 10.0. The summed E-state index contributed by atoms with van der Waals surface area (Å²) >= 11 is 0. The maximum absolute atomic E-state index is 14.7.